The zero-order valence-corrected chi connectivity index (χ0v) is 10.4. The van der Waals surface area contributed by atoms with E-state index in [1.165, 1.54) is 30.0 Å². The molecule has 1 aromatic carbocycles. The van der Waals surface area contributed by atoms with Crippen LogP contribution >= 0.6 is 11.8 Å². The summed E-state index contributed by atoms with van der Waals surface area (Å²) in [7, 11) is 1.42. The maximum absolute atomic E-state index is 11.2. The van der Waals surface area contributed by atoms with Crippen molar-refractivity contribution in [2.45, 2.75) is 30.9 Å². The summed E-state index contributed by atoms with van der Waals surface area (Å²) in [5, 5.41) is -0.155. The van der Waals surface area contributed by atoms with E-state index in [9.17, 15) is 4.79 Å². The van der Waals surface area contributed by atoms with Crippen LogP contribution in [0.3, 0.4) is 0 Å². The molecule has 1 atom stereocenters. The number of thioether (sulfide) groups is 1. The maximum atomic E-state index is 11.2. The number of rotatable bonds is 3. The first-order chi connectivity index (χ1) is 7.04. The quantitative estimate of drug-likeness (QED) is 0.583. The van der Waals surface area contributed by atoms with Crippen molar-refractivity contribution in [3.8, 4) is 0 Å². The average molecular weight is 224 g/mol. The molecule has 2 nitrogen and oxygen atoms in total. The van der Waals surface area contributed by atoms with E-state index in [-0.39, 0.29) is 11.2 Å². The van der Waals surface area contributed by atoms with Crippen molar-refractivity contribution in [2.24, 2.45) is 0 Å². The summed E-state index contributed by atoms with van der Waals surface area (Å²) in [5.74, 6) is -0.182. The van der Waals surface area contributed by atoms with Gasteiger partial charge < -0.3 is 4.74 Å². The minimum Gasteiger partial charge on any atom is -0.468 e. The first-order valence-corrected chi connectivity index (χ1v) is 5.74. The van der Waals surface area contributed by atoms with Crippen molar-refractivity contribution >= 4 is 17.7 Å². The second-order valence-corrected chi connectivity index (χ2v) is 4.94. The van der Waals surface area contributed by atoms with Crippen LogP contribution < -0.4 is 0 Å². The lowest BCUT2D eigenvalue weighted by Gasteiger charge is -2.09. The molecule has 0 heterocycles. The number of aryl methyl sites for hydroxylation is 2. The number of hydrogen-bond acceptors (Lipinski definition) is 3. The Morgan fingerprint density at radius 2 is 2.00 bits per heavy atom. The van der Waals surface area contributed by atoms with E-state index >= 15 is 0 Å². The van der Waals surface area contributed by atoms with Gasteiger partial charge in [-0.3, -0.25) is 4.79 Å². The van der Waals surface area contributed by atoms with Crippen LogP contribution in [0.4, 0.5) is 0 Å². The Morgan fingerprint density at radius 3 is 2.53 bits per heavy atom. The van der Waals surface area contributed by atoms with Gasteiger partial charge in [-0.1, -0.05) is 6.07 Å². The summed E-state index contributed by atoms with van der Waals surface area (Å²) in [6.07, 6.45) is 0. The Balaban J connectivity index is 2.73. The van der Waals surface area contributed by atoms with Gasteiger partial charge in [0.2, 0.25) is 0 Å². The highest BCUT2D eigenvalue weighted by atomic mass is 32.2. The van der Waals surface area contributed by atoms with Crippen LogP contribution in [0.15, 0.2) is 23.1 Å². The van der Waals surface area contributed by atoms with Gasteiger partial charge in [-0.15, -0.1) is 11.8 Å². The fourth-order valence-corrected chi connectivity index (χ4v) is 2.20. The van der Waals surface area contributed by atoms with E-state index < -0.39 is 0 Å². The highest BCUT2D eigenvalue weighted by Gasteiger charge is 2.14. The van der Waals surface area contributed by atoms with Gasteiger partial charge in [0.15, 0.2) is 0 Å². The highest BCUT2D eigenvalue weighted by molar-refractivity contribution is 8.00. The molecule has 0 amide bonds. The number of hydrogen-bond donors (Lipinski definition) is 0. The molecule has 0 radical (unpaired) electrons. The Labute approximate surface area is 95.0 Å². The lowest BCUT2D eigenvalue weighted by Crippen LogP contribution is -2.14. The van der Waals surface area contributed by atoms with Crippen LogP contribution in [0.1, 0.15) is 18.1 Å². The van der Waals surface area contributed by atoms with Crippen molar-refractivity contribution in [2.75, 3.05) is 7.11 Å². The van der Waals surface area contributed by atoms with Crippen molar-refractivity contribution in [1.29, 1.82) is 0 Å². The van der Waals surface area contributed by atoms with Crippen LogP contribution in [0.2, 0.25) is 0 Å². The third-order valence-corrected chi connectivity index (χ3v) is 3.40. The van der Waals surface area contributed by atoms with Gasteiger partial charge in [0, 0.05) is 4.90 Å². The first-order valence-electron chi connectivity index (χ1n) is 4.86. The zero-order chi connectivity index (χ0) is 11.4. The predicted molar refractivity (Wildman–Crippen MR) is 63.3 cm³/mol. The van der Waals surface area contributed by atoms with Gasteiger partial charge in [-0.05, 0) is 44.0 Å². The second kappa shape index (κ2) is 5.21. The molecule has 1 rings (SSSR count). The largest absolute Gasteiger partial charge is 0.468 e. The average Bonchev–Trinajstić information content (AvgIpc) is 2.22. The van der Waals surface area contributed by atoms with Crippen LogP contribution in [0.25, 0.3) is 0 Å². The zero-order valence-electron chi connectivity index (χ0n) is 9.53. The van der Waals surface area contributed by atoms with Crippen LogP contribution in [-0.2, 0) is 9.53 Å². The second-order valence-electron chi connectivity index (χ2n) is 3.53. The van der Waals surface area contributed by atoms with Gasteiger partial charge in [-0.2, -0.15) is 0 Å². The van der Waals surface area contributed by atoms with Crippen LogP contribution in [0.5, 0.6) is 0 Å². The smallest absolute Gasteiger partial charge is 0.318 e. The lowest BCUT2D eigenvalue weighted by atomic mass is 10.1. The minimum atomic E-state index is -0.182. The number of methoxy groups -OCH3 is 1. The monoisotopic (exact) mass is 224 g/mol. The molecule has 0 aromatic heterocycles. The van der Waals surface area contributed by atoms with Crippen molar-refractivity contribution in [3.05, 3.63) is 29.3 Å². The summed E-state index contributed by atoms with van der Waals surface area (Å²) in [5.41, 5.74) is 2.52. The summed E-state index contributed by atoms with van der Waals surface area (Å²) in [6, 6.07) is 6.20. The standard InChI is InChI=1S/C12H16O2S/c1-8-5-6-11(7-9(8)2)15-10(3)12(13)14-4/h5-7,10H,1-4H3. The molecule has 1 unspecified atom stereocenters. The summed E-state index contributed by atoms with van der Waals surface area (Å²) in [6.45, 7) is 6.00. The molecule has 82 valence electrons. The molecular weight excluding hydrogens is 208 g/mol. The molecule has 15 heavy (non-hydrogen) atoms. The van der Waals surface area contributed by atoms with Gasteiger partial charge in [-0.25, -0.2) is 0 Å². The molecule has 1 aromatic rings. The summed E-state index contributed by atoms with van der Waals surface area (Å²) >= 11 is 1.52. The Hall–Kier alpha value is -0.960. The third-order valence-electron chi connectivity index (χ3n) is 2.32. The lowest BCUT2D eigenvalue weighted by molar-refractivity contribution is -0.139. The number of esters is 1. The van der Waals surface area contributed by atoms with Gasteiger partial charge in [0.25, 0.3) is 0 Å². The van der Waals surface area contributed by atoms with Gasteiger partial charge in [0.05, 0.1) is 7.11 Å². The molecular formula is C12H16O2S. The molecule has 0 saturated heterocycles. The van der Waals surface area contributed by atoms with E-state index in [1.807, 2.05) is 13.0 Å². The Bertz CT molecular complexity index is 361. The molecule has 0 bridgehead atoms. The van der Waals surface area contributed by atoms with Gasteiger partial charge >= 0.3 is 5.97 Å². The molecule has 0 aliphatic carbocycles. The van der Waals surface area contributed by atoms with E-state index in [1.54, 1.807) is 0 Å². The predicted octanol–water partition coefficient (Wildman–Crippen LogP) is 2.96. The third kappa shape index (κ3) is 3.27. The van der Waals surface area contributed by atoms with Gasteiger partial charge in [0.1, 0.15) is 5.25 Å². The van der Waals surface area contributed by atoms with E-state index in [2.05, 4.69) is 30.7 Å². The summed E-state index contributed by atoms with van der Waals surface area (Å²) in [4.78, 5) is 12.3. The molecule has 0 aliphatic heterocycles. The molecule has 0 N–H and O–H groups in total. The molecule has 0 spiro atoms. The van der Waals surface area contributed by atoms with Crippen molar-refractivity contribution in [3.63, 3.8) is 0 Å². The van der Waals surface area contributed by atoms with Crippen LogP contribution in [-0.4, -0.2) is 18.3 Å². The number of benzene rings is 1. The maximum Gasteiger partial charge on any atom is 0.318 e. The highest BCUT2D eigenvalue weighted by Crippen LogP contribution is 2.25. The number of carbonyl (C=O) groups excluding carboxylic acids is 1. The van der Waals surface area contributed by atoms with E-state index in [0.29, 0.717) is 0 Å². The number of ether oxygens (including phenoxy) is 1. The topological polar surface area (TPSA) is 26.3 Å². The van der Waals surface area contributed by atoms with Crippen molar-refractivity contribution < 1.29 is 9.53 Å². The Kier molecular flexibility index (Phi) is 4.21. The molecule has 3 heteroatoms. The SMILES string of the molecule is COC(=O)C(C)Sc1ccc(C)c(C)c1. The Morgan fingerprint density at radius 1 is 1.33 bits per heavy atom. The normalized spacial score (nSPS) is 12.3. The minimum absolute atomic E-state index is 0.155. The fraction of sp³-hybridized carbons (Fsp3) is 0.417. The van der Waals surface area contributed by atoms with Crippen molar-refractivity contribution in [1.82, 2.24) is 0 Å². The van der Waals surface area contributed by atoms with E-state index in [4.69, 9.17) is 0 Å². The molecule has 0 aliphatic rings. The summed E-state index contributed by atoms with van der Waals surface area (Å²) < 4.78 is 4.68. The van der Waals surface area contributed by atoms with E-state index in [0.717, 1.165) is 4.90 Å². The fourth-order valence-electron chi connectivity index (χ4n) is 1.21. The first kappa shape index (κ1) is 12.1. The number of carbonyl (C=O) groups is 1. The molecule has 0 saturated carbocycles. The van der Waals surface area contributed by atoms with Crippen LogP contribution in [0, 0.1) is 13.8 Å². The molecule has 0 fully saturated rings.